The summed E-state index contributed by atoms with van der Waals surface area (Å²) in [5, 5.41) is 6.02. The number of aryl methyl sites for hydroxylation is 1. The van der Waals surface area contributed by atoms with Crippen molar-refractivity contribution < 1.29 is 13.2 Å². The number of amides is 1. The average molecular weight is 364 g/mol. The second-order valence-electron chi connectivity index (χ2n) is 5.15. The molecule has 0 aliphatic rings. The zero-order valence-corrected chi connectivity index (χ0v) is 15.6. The predicted octanol–water partition coefficient (Wildman–Crippen LogP) is 1.44. The van der Waals surface area contributed by atoms with Gasteiger partial charge in [-0.3, -0.25) is 4.79 Å². The van der Waals surface area contributed by atoms with Crippen LogP contribution >= 0.6 is 12.4 Å². The molecular weight excluding hydrogens is 338 g/mol. The predicted molar refractivity (Wildman–Crippen MR) is 94.8 cm³/mol. The van der Waals surface area contributed by atoms with E-state index in [1.165, 1.54) is 12.1 Å². The third kappa shape index (κ3) is 6.47. The number of benzene rings is 1. The highest BCUT2D eigenvalue weighted by molar-refractivity contribution is 7.89. The Balaban J connectivity index is 0.00000484. The molecule has 1 aromatic carbocycles. The lowest BCUT2D eigenvalue weighted by Gasteiger charge is -2.14. The van der Waals surface area contributed by atoms with Crippen molar-refractivity contribution in [2.24, 2.45) is 0 Å². The molecule has 1 amide bonds. The SMILES string of the molecule is CCN[C@H](C)CNC(=O)c1cc(S(=O)(=O)NCC)ccc1C.Cl. The van der Waals surface area contributed by atoms with Crippen LogP contribution in [0.15, 0.2) is 23.1 Å². The molecule has 0 saturated carbocycles. The molecule has 0 aliphatic heterocycles. The maximum Gasteiger partial charge on any atom is 0.251 e. The lowest BCUT2D eigenvalue weighted by Crippen LogP contribution is -2.39. The van der Waals surface area contributed by atoms with Crippen LogP contribution in [0.25, 0.3) is 0 Å². The lowest BCUT2D eigenvalue weighted by atomic mass is 10.1. The van der Waals surface area contributed by atoms with E-state index in [2.05, 4.69) is 15.4 Å². The first-order valence-electron chi connectivity index (χ1n) is 7.43. The molecule has 23 heavy (non-hydrogen) atoms. The minimum absolute atomic E-state index is 0. The van der Waals surface area contributed by atoms with Crippen LogP contribution in [0, 0.1) is 6.92 Å². The van der Waals surface area contributed by atoms with Crippen molar-refractivity contribution in [2.45, 2.75) is 38.6 Å². The van der Waals surface area contributed by atoms with Crippen LogP contribution in [-0.4, -0.2) is 40.0 Å². The van der Waals surface area contributed by atoms with Gasteiger partial charge < -0.3 is 10.6 Å². The molecule has 0 unspecified atom stereocenters. The van der Waals surface area contributed by atoms with Gasteiger partial charge in [-0.15, -0.1) is 12.4 Å². The highest BCUT2D eigenvalue weighted by Gasteiger charge is 2.17. The van der Waals surface area contributed by atoms with Gasteiger partial charge in [0.25, 0.3) is 5.91 Å². The van der Waals surface area contributed by atoms with Crippen LogP contribution < -0.4 is 15.4 Å². The van der Waals surface area contributed by atoms with E-state index >= 15 is 0 Å². The van der Waals surface area contributed by atoms with Gasteiger partial charge in [-0.05, 0) is 38.1 Å². The average Bonchev–Trinajstić information content (AvgIpc) is 2.45. The Bertz CT molecular complexity index is 620. The van der Waals surface area contributed by atoms with Gasteiger partial charge in [-0.1, -0.05) is 19.9 Å². The number of nitrogens with one attached hydrogen (secondary N) is 3. The van der Waals surface area contributed by atoms with Gasteiger partial charge in [-0.25, -0.2) is 13.1 Å². The maximum atomic E-state index is 12.3. The molecule has 0 saturated heterocycles. The molecule has 0 aliphatic carbocycles. The third-order valence-electron chi connectivity index (χ3n) is 3.22. The van der Waals surface area contributed by atoms with Gasteiger partial charge in [0.15, 0.2) is 0 Å². The summed E-state index contributed by atoms with van der Waals surface area (Å²) in [7, 11) is -3.57. The second-order valence-corrected chi connectivity index (χ2v) is 6.91. The zero-order chi connectivity index (χ0) is 16.8. The molecule has 0 heterocycles. The Labute approximate surface area is 144 Å². The number of sulfonamides is 1. The number of hydrogen-bond donors (Lipinski definition) is 3. The van der Waals surface area contributed by atoms with Gasteiger partial charge in [0, 0.05) is 24.7 Å². The fraction of sp³-hybridized carbons (Fsp3) is 0.533. The fourth-order valence-corrected chi connectivity index (χ4v) is 3.11. The van der Waals surface area contributed by atoms with E-state index in [-0.39, 0.29) is 29.3 Å². The summed E-state index contributed by atoms with van der Waals surface area (Å²) < 4.78 is 26.5. The van der Waals surface area contributed by atoms with Crippen molar-refractivity contribution in [2.75, 3.05) is 19.6 Å². The molecule has 1 rings (SSSR count). The summed E-state index contributed by atoms with van der Waals surface area (Å²) in [6.07, 6.45) is 0. The summed E-state index contributed by atoms with van der Waals surface area (Å²) in [5.74, 6) is -0.268. The van der Waals surface area contributed by atoms with E-state index < -0.39 is 10.0 Å². The van der Waals surface area contributed by atoms with E-state index in [0.717, 1.165) is 12.1 Å². The first kappa shape index (κ1) is 21.9. The Kier molecular flexibility index (Phi) is 9.38. The first-order valence-corrected chi connectivity index (χ1v) is 8.92. The highest BCUT2D eigenvalue weighted by Crippen LogP contribution is 2.15. The molecular formula is C15H26ClN3O3S. The van der Waals surface area contributed by atoms with Crippen LogP contribution in [0.1, 0.15) is 36.7 Å². The van der Waals surface area contributed by atoms with E-state index in [1.807, 2.05) is 13.8 Å². The van der Waals surface area contributed by atoms with Crippen molar-refractivity contribution in [3.05, 3.63) is 29.3 Å². The van der Waals surface area contributed by atoms with Crippen LogP contribution in [-0.2, 0) is 10.0 Å². The second kappa shape index (κ2) is 9.87. The topological polar surface area (TPSA) is 87.3 Å². The highest BCUT2D eigenvalue weighted by atomic mass is 35.5. The molecule has 0 spiro atoms. The minimum Gasteiger partial charge on any atom is -0.350 e. The standard InChI is InChI=1S/C15H25N3O3S.ClH/c1-5-16-12(4)10-17-15(19)14-9-13(8-7-11(14)3)22(20,21)18-6-2;/h7-9,12,16,18H,5-6,10H2,1-4H3,(H,17,19);1H/t12-;/m1./s1. The molecule has 0 bridgehead atoms. The summed E-state index contributed by atoms with van der Waals surface area (Å²) in [4.78, 5) is 12.4. The van der Waals surface area contributed by atoms with Crippen molar-refractivity contribution in [1.29, 1.82) is 0 Å². The van der Waals surface area contributed by atoms with E-state index in [4.69, 9.17) is 0 Å². The quantitative estimate of drug-likeness (QED) is 0.652. The molecule has 6 nitrogen and oxygen atoms in total. The molecule has 1 atom stereocenters. The largest absolute Gasteiger partial charge is 0.350 e. The van der Waals surface area contributed by atoms with E-state index in [1.54, 1.807) is 19.9 Å². The van der Waals surface area contributed by atoms with Gasteiger partial charge >= 0.3 is 0 Å². The zero-order valence-electron chi connectivity index (χ0n) is 14.0. The van der Waals surface area contributed by atoms with Gasteiger partial charge in [-0.2, -0.15) is 0 Å². The Hall–Kier alpha value is -1.15. The van der Waals surface area contributed by atoms with E-state index in [9.17, 15) is 13.2 Å². The molecule has 0 fully saturated rings. The molecule has 3 N–H and O–H groups in total. The van der Waals surface area contributed by atoms with Crippen molar-refractivity contribution in [3.8, 4) is 0 Å². The summed E-state index contributed by atoms with van der Waals surface area (Å²) >= 11 is 0. The number of carbonyl (C=O) groups excluding carboxylic acids is 1. The molecule has 8 heteroatoms. The molecule has 0 aromatic heterocycles. The Morgan fingerprint density at radius 2 is 1.87 bits per heavy atom. The van der Waals surface area contributed by atoms with Crippen LogP contribution in [0.4, 0.5) is 0 Å². The maximum absolute atomic E-state index is 12.3. The summed E-state index contributed by atoms with van der Waals surface area (Å²) in [5.41, 5.74) is 1.12. The van der Waals surface area contributed by atoms with Gasteiger partial charge in [0.05, 0.1) is 4.90 Å². The number of rotatable bonds is 8. The Morgan fingerprint density at radius 1 is 1.22 bits per heavy atom. The smallest absolute Gasteiger partial charge is 0.251 e. The van der Waals surface area contributed by atoms with Crippen LogP contribution in [0.5, 0.6) is 0 Å². The normalized spacial score (nSPS) is 12.3. The Morgan fingerprint density at radius 3 is 2.43 bits per heavy atom. The summed E-state index contributed by atoms with van der Waals surface area (Å²) in [6.45, 7) is 9.08. The van der Waals surface area contributed by atoms with Crippen LogP contribution in [0.3, 0.4) is 0 Å². The first-order chi connectivity index (χ1) is 10.3. The monoisotopic (exact) mass is 363 g/mol. The lowest BCUT2D eigenvalue weighted by molar-refractivity contribution is 0.0949. The molecule has 1 aromatic rings. The van der Waals surface area contributed by atoms with Crippen LogP contribution in [0.2, 0.25) is 0 Å². The van der Waals surface area contributed by atoms with Gasteiger partial charge in [0.2, 0.25) is 10.0 Å². The minimum atomic E-state index is -3.57. The number of hydrogen-bond acceptors (Lipinski definition) is 4. The van der Waals surface area contributed by atoms with Crippen molar-refractivity contribution >= 4 is 28.3 Å². The van der Waals surface area contributed by atoms with Crippen molar-refractivity contribution in [1.82, 2.24) is 15.4 Å². The molecule has 132 valence electrons. The van der Waals surface area contributed by atoms with E-state index in [0.29, 0.717) is 18.7 Å². The summed E-state index contributed by atoms with van der Waals surface area (Å²) in [6, 6.07) is 4.72. The molecule has 0 radical (unpaired) electrons. The third-order valence-corrected chi connectivity index (χ3v) is 4.76. The van der Waals surface area contributed by atoms with Crippen molar-refractivity contribution in [3.63, 3.8) is 0 Å². The number of carbonyl (C=O) groups is 1. The number of halogens is 1. The fourth-order valence-electron chi connectivity index (χ4n) is 2.05. The number of likely N-dealkylation sites (N-methyl/N-ethyl adjacent to an activating group) is 1. The van der Waals surface area contributed by atoms with Gasteiger partial charge in [0.1, 0.15) is 0 Å².